The molecule has 0 unspecified atom stereocenters. The summed E-state index contributed by atoms with van der Waals surface area (Å²) in [6.45, 7) is 11.9. The SMILES string of the molecule is CNCc1cc(-c2c(C)c(C)cc(C)c2C)[nH]c1C. The van der Waals surface area contributed by atoms with Crippen molar-refractivity contribution < 1.29 is 0 Å². The molecule has 0 atom stereocenters. The topological polar surface area (TPSA) is 27.8 Å². The molecule has 0 amide bonds. The van der Waals surface area contributed by atoms with E-state index < -0.39 is 0 Å². The van der Waals surface area contributed by atoms with E-state index in [1.165, 1.54) is 44.8 Å². The summed E-state index contributed by atoms with van der Waals surface area (Å²) in [7, 11) is 1.99. The third-order valence-electron chi connectivity index (χ3n) is 4.12. The van der Waals surface area contributed by atoms with Gasteiger partial charge in [-0.2, -0.15) is 0 Å². The van der Waals surface area contributed by atoms with E-state index in [4.69, 9.17) is 0 Å². The molecule has 0 fully saturated rings. The van der Waals surface area contributed by atoms with E-state index in [0.29, 0.717) is 0 Å². The quantitative estimate of drug-likeness (QED) is 0.855. The third-order valence-corrected chi connectivity index (χ3v) is 4.12. The van der Waals surface area contributed by atoms with Crippen LogP contribution in [0.1, 0.15) is 33.5 Å². The van der Waals surface area contributed by atoms with Gasteiger partial charge >= 0.3 is 0 Å². The predicted octanol–water partition coefficient (Wildman–Crippen LogP) is 3.94. The van der Waals surface area contributed by atoms with Crippen molar-refractivity contribution in [3.05, 3.63) is 45.6 Å². The molecule has 19 heavy (non-hydrogen) atoms. The number of rotatable bonds is 3. The Morgan fingerprint density at radius 1 is 0.947 bits per heavy atom. The molecular formula is C17H24N2. The van der Waals surface area contributed by atoms with Gasteiger partial charge in [-0.1, -0.05) is 6.07 Å². The second-order valence-electron chi connectivity index (χ2n) is 5.50. The number of nitrogens with one attached hydrogen (secondary N) is 2. The predicted molar refractivity (Wildman–Crippen MR) is 82.7 cm³/mol. The first-order valence-corrected chi connectivity index (χ1v) is 6.86. The molecule has 0 saturated heterocycles. The summed E-state index contributed by atoms with van der Waals surface area (Å²) in [6, 6.07) is 4.55. The van der Waals surface area contributed by atoms with Crippen molar-refractivity contribution in [3.63, 3.8) is 0 Å². The van der Waals surface area contributed by atoms with E-state index in [2.05, 4.69) is 57.1 Å². The second-order valence-corrected chi connectivity index (χ2v) is 5.50. The monoisotopic (exact) mass is 256 g/mol. The van der Waals surface area contributed by atoms with Gasteiger partial charge in [-0.25, -0.2) is 0 Å². The number of hydrogen-bond acceptors (Lipinski definition) is 1. The number of hydrogen-bond donors (Lipinski definition) is 2. The van der Waals surface area contributed by atoms with Gasteiger partial charge in [-0.05, 0) is 75.5 Å². The highest BCUT2D eigenvalue weighted by atomic mass is 14.8. The smallest absolute Gasteiger partial charge is 0.0464 e. The lowest BCUT2D eigenvalue weighted by Gasteiger charge is -2.14. The molecular weight excluding hydrogens is 232 g/mol. The van der Waals surface area contributed by atoms with Gasteiger partial charge < -0.3 is 10.3 Å². The highest BCUT2D eigenvalue weighted by molar-refractivity contribution is 5.71. The average molecular weight is 256 g/mol. The molecule has 0 aliphatic carbocycles. The molecule has 0 bridgehead atoms. The minimum Gasteiger partial charge on any atom is -0.358 e. The van der Waals surface area contributed by atoms with Crippen LogP contribution in [-0.2, 0) is 6.54 Å². The second kappa shape index (κ2) is 5.22. The third kappa shape index (κ3) is 2.45. The number of aromatic nitrogens is 1. The zero-order valence-electron chi connectivity index (χ0n) is 12.9. The fourth-order valence-corrected chi connectivity index (χ4v) is 2.73. The van der Waals surface area contributed by atoms with Crippen molar-refractivity contribution >= 4 is 0 Å². The number of H-pyrrole nitrogens is 1. The molecule has 0 saturated carbocycles. The Bertz CT molecular complexity index is 580. The van der Waals surface area contributed by atoms with Gasteiger partial charge in [-0.3, -0.25) is 0 Å². The molecule has 0 aliphatic rings. The maximum absolute atomic E-state index is 3.54. The first kappa shape index (κ1) is 13.9. The molecule has 1 aromatic heterocycles. The van der Waals surface area contributed by atoms with Crippen molar-refractivity contribution in [3.8, 4) is 11.3 Å². The first-order chi connectivity index (χ1) is 8.95. The molecule has 0 spiro atoms. The van der Waals surface area contributed by atoms with Crippen LogP contribution in [0.25, 0.3) is 11.3 Å². The van der Waals surface area contributed by atoms with Gasteiger partial charge in [0.2, 0.25) is 0 Å². The highest BCUT2D eigenvalue weighted by Crippen LogP contribution is 2.32. The van der Waals surface area contributed by atoms with Crippen molar-refractivity contribution in [2.75, 3.05) is 7.05 Å². The Labute approximate surface area is 116 Å². The van der Waals surface area contributed by atoms with Gasteiger partial charge in [-0.15, -0.1) is 0 Å². The summed E-state index contributed by atoms with van der Waals surface area (Å²) < 4.78 is 0. The zero-order chi connectivity index (χ0) is 14.2. The van der Waals surface area contributed by atoms with Crippen LogP contribution in [0, 0.1) is 34.6 Å². The van der Waals surface area contributed by atoms with Crippen LogP contribution in [0.3, 0.4) is 0 Å². The molecule has 0 radical (unpaired) electrons. The maximum Gasteiger partial charge on any atom is 0.0464 e. The first-order valence-electron chi connectivity index (χ1n) is 6.86. The number of aromatic amines is 1. The van der Waals surface area contributed by atoms with Crippen LogP contribution in [0.5, 0.6) is 0 Å². The Kier molecular flexibility index (Phi) is 3.81. The minimum absolute atomic E-state index is 0.908. The van der Waals surface area contributed by atoms with Crippen LogP contribution in [-0.4, -0.2) is 12.0 Å². The van der Waals surface area contributed by atoms with Gasteiger partial charge in [0.15, 0.2) is 0 Å². The van der Waals surface area contributed by atoms with E-state index >= 15 is 0 Å². The molecule has 2 aromatic rings. The summed E-state index contributed by atoms with van der Waals surface area (Å²) in [5.74, 6) is 0. The van der Waals surface area contributed by atoms with Crippen molar-refractivity contribution in [2.24, 2.45) is 0 Å². The molecule has 1 heterocycles. The van der Waals surface area contributed by atoms with Crippen LogP contribution >= 0.6 is 0 Å². The Hall–Kier alpha value is -1.54. The zero-order valence-corrected chi connectivity index (χ0v) is 12.9. The van der Waals surface area contributed by atoms with Crippen LogP contribution in [0.2, 0.25) is 0 Å². The molecule has 0 aliphatic heterocycles. The Balaban J connectivity index is 2.62. The molecule has 2 heteroatoms. The van der Waals surface area contributed by atoms with Crippen LogP contribution < -0.4 is 5.32 Å². The lowest BCUT2D eigenvalue weighted by Crippen LogP contribution is -2.04. The van der Waals surface area contributed by atoms with Crippen molar-refractivity contribution in [1.82, 2.24) is 10.3 Å². The summed E-state index contributed by atoms with van der Waals surface area (Å²) >= 11 is 0. The fourth-order valence-electron chi connectivity index (χ4n) is 2.73. The standard InChI is InChI=1S/C17H24N2/c1-10-7-11(2)13(4)17(12(10)3)16-8-15(9-18-6)14(5)19-16/h7-8,18-19H,9H2,1-6H3. The van der Waals surface area contributed by atoms with Gasteiger partial charge in [0.25, 0.3) is 0 Å². The Morgan fingerprint density at radius 2 is 1.53 bits per heavy atom. The summed E-state index contributed by atoms with van der Waals surface area (Å²) in [5.41, 5.74) is 10.7. The molecule has 2 N–H and O–H groups in total. The van der Waals surface area contributed by atoms with E-state index in [1.807, 2.05) is 7.05 Å². The van der Waals surface area contributed by atoms with Crippen LogP contribution in [0.15, 0.2) is 12.1 Å². The van der Waals surface area contributed by atoms with Crippen molar-refractivity contribution in [2.45, 2.75) is 41.2 Å². The lowest BCUT2D eigenvalue weighted by atomic mass is 9.92. The van der Waals surface area contributed by atoms with Crippen LogP contribution in [0.4, 0.5) is 0 Å². The van der Waals surface area contributed by atoms with Crippen molar-refractivity contribution in [1.29, 1.82) is 0 Å². The highest BCUT2D eigenvalue weighted by Gasteiger charge is 2.13. The number of benzene rings is 1. The van der Waals surface area contributed by atoms with Gasteiger partial charge in [0, 0.05) is 23.5 Å². The normalized spacial score (nSPS) is 11.1. The maximum atomic E-state index is 3.54. The summed E-state index contributed by atoms with van der Waals surface area (Å²) in [5, 5.41) is 3.22. The molecule has 2 nitrogen and oxygen atoms in total. The van der Waals surface area contributed by atoms with Gasteiger partial charge in [0.1, 0.15) is 0 Å². The molecule has 102 valence electrons. The molecule has 2 rings (SSSR count). The molecule has 1 aromatic carbocycles. The van der Waals surface area contributed by atoms with E-state index in [9.17, 15) is 0 Å². The summed E-state index contributed by atoms with van der Waals surface area (Å²) in [6.07, 6.45) is 0. The largest absolute Gasteiger partial charge is 0.358 e. The fraction of sp³-hybridized carbons (Fsp3) is 0.412. The minimum atomic E-state index is 0.908. The Morgan fingerprint density at radius 3 is 2.05 bits per heavy atom. The summed E-state index contributed by atoms with van der Waals surface area (Å²) in [4.78, 5) is 3.54. The number of aryl methyl sites for hydroxylation is 3. The lowest BCUT2D eigenvalue weighted by molar-refractivity contribution is 0.812. The average Bonchev–Trinajstić information content (AvgIpc) is 2.69. The van der Waals surface area contributed by atoms with Gasteiger partial charge in [0.05, 0.1) is 0 Å². The van der Waals surface area contributed by atoms with E-state index in [-0.39, 0.29) is 0 Å². The van der Waals surface area contributed by atoms with E-state index in [1.54, 1.807) is 0 Å². The van der Waals surface area contributed by atoms with E-state index in [0.717, 1.165) is 6.54 Å².